The minimum Gasteiger partial charge on any atom is -0.423 e. The molecule has 0 aliphatic heterocycles. The number of aryl methyl sites for hydroxylation is 1. The number of nitrogens with zero attached hydrogens (tertiary/aromatic N) is 4. The first-order valence-electron chi connectivity index (χ1n) is 4.37. The zero-order valence-electron chi connectivity index (χ0n) is 8.07. The monoisotopic (exact) mass is 204 g/mol. The van der Waals surface area contributed by atoms with Gasteiger partial charge in [-0.05, 0) is 13.0 Å². The Balaban J connectivity index is 2.31. The van der Waals surface area contributed by atoms with E-state index in [4.69, 9.17) is 10.0 Å². The van der Waals surface area contributed by atoms with Crippen LogP contribution in [0.15, 0.2) is 24.7 Å². The summed E-state index contributed by atoms with van der Waals surface area (Å²) < 4.78 is 1.52. The van der Waals surface area contributed by atoms with Crippen molar-refractivity contribution in [1.82, 2.24) is 19.7 Å². The molecule has 0 spiro atoms. The van der Waals surface area contributed by atoms with Gasteiger partial charge in [-0.3, -0.25) is 0 Å². The Kier molecular flexibility index (Phi) is 2.48. The predicted molar refractivity (Wildman–Crippen MR) is 53.7 cm³/mol. The first kappa shape index (κ1) is 9.82. The van der Waals surface area contributed by atoms with E-state index in [9.17, 15) is 0 Å². The second kappa shape index (κ2) is 3.80. The van der Waals surface area contributed by atoms with Gasteiger partial charge in [0.2, 0.25) is 5.95 Å². The van der Waals surface area contributed by atoms with Gasteiger partial charge in [0.1, 0.15) is 0 Å². The normalized spacial score (nSPS) is 10.3. The number of hydrogen-bond acceptors (Lipinski definition) is 5. The molecule has 0 bridgehead atoms. The summed E-state index contributed by atoms with van der Waals surface area (Å²) >= 11 is 0. The van der Waals surface area contributed by atoms with Crippen LogP contribution in [0.1, 0.15) is 5.69 Å². The second-order valence-electron chi connectivity index (χ2n) is 3.09. The van der Waals surface area contributed by atoms with Crippen molar-refractivity contribution < 1.29 is 10.0 Å². The Morgan fingerprint density at radius 2 is 1.93 bits per heavy atom. The van der Waals surface area contributed by atoms with Gasteiger partial charge in [0.25, 0.3) is 0 Å². The molecule has 7 heteroatoms. The van der Waals surface area contributed by atoms with Gasteiger partial charge in [0.15, 0.2) is 0 Å². The molecular weight excluding hydrogens is 195 g/mol. The summed E-state index contributed by atoms with van der Waals surface area (Å²) in [5, 5.41) is 21.8. The fraction of sp³-hybridized carbons (Fsp3) is 0.125. The van der Waals surface area contributed by atoms with E-state index in [1.54, 1.807) is 6.20 Å². The van der Waals surface area contributed by atoms with E-state index in [2.05, 4.69) is 15.1 Å². The molecule has 0 atom stereocenters. The molecule has 2 heterocycles. The van der Waals surface area contributed by atoms with Crippen molar-refractivity contribution in [3.8, 4) is 5.95 Å². The minimum atomic E-state index is -1.54. The topological polar surface area (TPSA) is 84.1 Å². The molecule has 2 aromatic heterocycles. The van der Waals surface area contributed by atoms with Gasteiger partial charge >= 0.3 is 7.12 Å². The lowest BCUT2D eigenvalue weighted by Crippen LogP contribution is -2.31. The molecule has 0 aromatic carbocycles. The van der Waals surface area contributed by atoms with Crippen LogP contribution in [-0.4, -0.2) is 36.9 Å². The van der Waals surface area contributed by atoms with Crippen LogP contribution in [0.5, 0.6) is 0 Å². The Morgan fingerprint density at radius 1 is 1.27 bits per heavy atom. The lowest BCUT2D eigenvalue weighted by Gasteiger charge is -2.00. The number of aromatic nitrogens is 4. The lowest BCUT2D eigenvalue weighted by atomic mass is 9.83. The summed E-state index contributed by atoms with van der Waals surface area (Å²) in [6.07, 6.45) is 4.44. The van der Waals surface area contributed by atoms with Crippen molar-refractivity contribution in [3.63, 3.8) is 0 Å². The van der Waals surface area contributed by atoms with Crippen LogP contribution in [0.2, 0.25) is 0 Å². The average molecular weight is 204 g/mol. The standard InChI is InChI=1S/C8H9BN4O2/c1-6-2-3-13(12-6)8-10-4-7(5-11-8)9(14)15/h2-5,14-15H,1H3. The van der Waals surface area contributed by atoms with Crippen molar-refractivity contribution >= 4 is 12.6 Å². The van der Waals surface area contributed by atoms with Crippen LogP contribution >= 0.6 is 0 Å². The summed E-state index contributed by atoms with van der Waals surface area (Å²) in [5.74, 6) is 0.396. The Morgan fingerprint density at radius 3 is 2.40 bits per heavy atom. The fourth-order valence-electron chi connectivity index (χ4n) is 1.11. The maximum atomic E-state index is 8.84. The highest BCUT2D eigenvalue weighted by molar-refractivity contribution is 6.58. The summed E-state index contributed by atoms with van der Waals surface area (Å²) in [4.78, 5) is 7.91. The van der Waals surface area contributed by atoms with E-state index >= 15 is 0 Å². The molecular formula is C8H9BN4O2. The summed E-state index contributed by atoms with van der Waals surface area (Å²) in [5.41, 5.74) is 1.12. The minimum absolute atomic E-state index is 0.252. The molecule has 0 fully saturated rings. The molecule has 0 unspecified atom stereocenters. The molecule has 76 valence electrons. The largest absolute Gasteiger partial charge is 0.491 e. The highest BCUT2D eigenvalue weighted by atomic mass is 16.4. The third-order valence-electron chi connectivity index (χ3n) is 1.88. The van der Waals surface area contributed by atoms with Crippen LogP contribution in [0.3, 0.4) is 0 Å². The Bertz CT molecular complexity index is 454. The highest BCUT2D eigenvalue weighted by Crippen LogP contribution is 1.98. The molecule has 0 radical (unpaired) electrons. The highest BCUT2D eigenvalue weighted by Gasteiger charge is 2.12. The molecule has 15 heavy (non-hydrogen) atoms. The third-order valence-corrected chi connectivity index (χ3v) is 1.88. The van der Waals surface area contributed by atoms with E-state index in [0.717, 1.165) is 5.69 Å². The van der Waals surface area contributed by atoms with Crippen LogP contribution in [0.25, 0.3) is 5.95 Å². The number of rotatable bonds is 2. The van der Waals surface area contributed by atoms with Gasteiger partial charge in [-0.15, -0.1) is 0 Å². The van der Waals surface area contributed by atoms with Gasteiger partial charge in [0, 0.05) is 24.1 Å². The molecule has 0 aliphatic carbocycles. The van der Waals surface area contributed by atoms with Crippen molar-refractivity contribution in [2.24, 2.45) is 0 Å². The SMILES string of the molecule is Cc1ccn(-c2ncc(B(O)O)cn2)n1. The molecule has 2 N–H and O–H groups in total. The molecule has 0 saturated heterocycles. The predicted octanol–water partition coefficient (Wildman–Crippen LogP) is -1.35. The van der Waals surface area contributed by atoms with Gasteiger partial charge in [0.05, 0.1) is 5.69 Å². The average Bonchev–Trinajstić information content (AvgIpc) is 2.65. The van der Waals surface area contributed by atoms with E-state index in [1.165, 1.54) is 17.1 Å². The first-order valence-corrected chi connectivity index (χ1v) is 4.37. The maximum absolute atomic E-state index is 8.84. The van der Waals surface area contributed by atoms with Crippen molar-refractivity contribution in [2.45, 2.75) is 6.92 Å². The maximum Gasteiger partial charge on any atom is 0.491 e. The molecule has 6 nitrogen and oxygen atoms in total. The van der Waals surface area contributed by atoms with E-state index in [1.807, 2.05) is 13.0 Å². The lowest BCUT2D eigenvalue weighted by molar-refractivity contribution is 0.425. The van der Waals surface area contributed by atoms with Gasteiger partial charge in [-0.1, -0.05) is 0 Å². The fourth-order valence-corrected chi connectivity index (χ4v) is 1.11. The molecule has 0 saturated carbocycles. The van der Waals surface area contributed by atoms with Crippen LogP contribution in [0, 0.1) is 6.92 Å². The van der Waals surface area contributed by atoms with E-state index in [0.29, 0.717) is 5.95 Å². The van der Waals surface area contributed by atoms with Gasteiger partial charge in [-0.25, -0.2) is 14.6 Å². The number of hydrogen-bond donors (Lipinski definition) is 2. The van der Waals surface area contributed by atoms with E-state index < -0.39 is 7.12 Å². The third kappa shape index (κ3) is 2.03. The van der Waals surface area contributed by atoms with Crippen molar-refractivity contribution in [2.75, 3.05) is 0 Å². The zero-order chi connectivity index (χ0) is 10.8. The zero-order valence-corrected chi connectivity index (χ0v) is 8.07. The molecule has 2 aromatic rings. The molecule has 0 aliphatic rings. The smallest absolute Gasteiger partial charge is 0.423 e. The summed E-state index contributed by atoms with van der Waals surface area (Å²) in [7, 11) is -1.54. The van der Waals surface area contributed by atoms with Gasteiger partial charge in [-0.2, -0.15) is 5.10 Å². The Labute approximate surface area is 86.4 Å². The molecule has 0 amide bonds. The quantitative estimate of drug-likeness (QED) is 0.591. The van der Waals surface area contributed by atoms with Crippen LogP contribution in [0.4, 0.5) is 0 Å². The summed E-state index contributed by atoms with van der Waals surface area (Å²) in [6, 6.07) is 1.83. The first-order chi connectivity index (χ1) is 7.16. The molecule has 2 rings (SSSR count). The van der Waals surface area contributed by atoms with Crippen molar-refractivity contribution in [1.29, 1.82) is 0 Å². The Hall–Kier alpha value is -1.73. The van der Waals surface area contributed by atoms with Crippen LogP contribution < -0.4 is 5.46 Å². The second-order valence-corrected chi connectivity index (χ2v) is 3.09. The van der Waals surface area contributed by atoms with Crippen LogP contribution in [-0.2, 0) is 0 Å². The summed E-state index contributed by atoms with van der Waals surface area (Å²) in [6.45, 7) is 1.86. The van der Waals surface area contributed by atoms with Gasteiger partial charge < -0.3 is 10.0 Å². The van der Waals surface area contributed by atoms with E-state index in [-0.39, 0.29) is 5.46 Å². The van der Waals surface area contributed by atoms with Crippen molar-refractivity contribution in [3.05, 3.63) is 30.4 Å².